The zero-order chi connectivity index (χ0) is 24.6. The molecule has 190 valence electrons. The van der Waals surface area contributed by atoms with Crippen LogP contribution in [-0.2, 0) is 20.8 Å². The Labute approximate surface area is 207 Å². The first-order chi connectivity index (χ1) is 15.4. The van der Waals surface area contributed by atoms with Crippen molar-refractivity contribution >= 4 is 34.7 Å². The van der Waals surface area contributed by atoms with Gasteiger partial charge in [0.25, 0.3) is 0 Å². The van der Waals surface area contributed by atoms with Crippen LogP contribution in [0.2, 0.25) is 0 Å². The Morgan fingerprint density at radius 1 is 1.12 bits per heavy atom. The number of thioether (sulfide) groups is 1. The van der Waals surface area contributed by atoms with Crippen LogP contribution in [0.5, 0.6) is 0 Å². The van der Waals surface area contributed by atoms with E-state index < -0.39 is 22.6 Å². The summed E-state index contributed by atoms with van der Waals surface area (Å²) in [6, 6.07) is 0. The fourth-order valence-electron chi connectivity index (χ4n) is 4.61. The Hall–Kier alpha value is -0.500. The summed E-state index contributed by atoms with van der Waals surface area (Å²) < 4.78 is 13.1. The molecule has 2 saturated heterocycles. The Morgan fingerprint density at radius 2 is 1.82 bits per heavy atom. The van der Waals surface area contributed by atoms with Gasteiger partial charge in [0.05, 0.1) is 10.7 Å². The van der Waals surface area contributed by atoms with Crippen molar-refractivity contribution in [3.05, 3.63) is 12.2 Å². The molecule has 5 nitrogen and oxygen atoms in total. The first kappa shape index (κ1) is 28.7. The normalized spacial score (nSPS) is 29.5. The molecule has 33 heavy (non-hydrogen) atoms. The van der Waals surface area contributed by atoms with Gasteiger partial charge < -0.3 is 14.8 Å². The van der Waals surface area contributed by atoms with Crippen molar-refractivity contribution in [2.75, 3.05) is 6.61 Å². The summed E-state index contributed by atoms with van der Waals surface area (Å²) in [5.74, 6) is -0.504. The van der Waals surface area contributed by atoms with Gasteiger partial charge in [-0.3, -0.25) is 9.59 Å². The summed E-state index contributed by atoms with van der Waals surface area (Å²) in [4.78, 5) is 23.8. The molecule has 2 aliphatic rings. The van der Waals surface area contributed by atoms with E-state index in [1.54, 1.807) is 25.6 Å². The van der Waals surface area contributed by atoms with Crippen molar-refractivity contribution in [1.29, 1.82) is 0 Å². The predicted octanol–water partition coefficient (Wildman–Crippen LogP) is 5.52. The topological polar surface area (TPSA) is 97.7 Å². The molecular formula is C26H44O5S2. The Bertz CT molecular complexity index is 676. The van der Waals surface area contributed by atoms with Crippen LogP contribution in [-0.4, -0.2) is 54.1 Å². The molecule has 7 heteroatoms. The summed E-state index contributed by atoms with van der Waals surface area (Å²) >= 11 is 0.781. The molecule has 0 aromatic heterocycles. The predicted molar refractivity (Wildman–Crippen MR) is 138 cm³/mol. The number of hydrogen-bond donors (Lipinski definition) is 2. The van der Waals surface area contributed by atoms with Crippen LogP contribution < -0.4 is 0 Å². The number of Topliss-reactive ketones (excluding diaryl/α,β-unsaturated/α-hetero) is 1. The van der Waals surface area contributed by atoms with E-state index in [0.29, 0.717) is 18.1 Å². The van der Waals surface area contributed by atoms with Crippen LogP contribution in [0, 0.1) is 10.8 Å². The second-order valence-corrected chi connectivity index (χ2v) is 14.7. The van der Waals surface area contributed by atoms with Gasteiger partial charge in [-0.15, -0.1) is 11.8 Å². The third-order valence-corrected chi connectivity index (χ3v) is 10.9. The molecule has 2 aliphatic heterocycles. The molecule has 0 amide bonds. The minimum absolute atomic E-state index is 0.00429. The molecule has 0 aliphatic carbocycles. The maximum absolute atomic E-state index is 13.1. The number of aliphatic carboxylic acids is 1. The van der Waals surface area contributed by atoms with Crippen LogP contribution >= 0.6 is 11.8 Å². The Morgan fingerprint density at radius 3 is 2.48 bits per heavy atom. The van der Waals surface area contributed by atoms with Crippen LogP contribution in [0.1, 0.15) is 98.3 Å². The van der Waals surface area contributed by atoms with Crippen LogP contribution in [0.4, 0.5) is 0 Å². The lowest BCUT2D eigenvalue weighted by atomic mass is 9.87. The lowest BCUT2D eigenvalue weighted by molar-refractivity contribution is -0.147. The van der Waals surface area contributed by atoms with Crippen molar-refractivity contribution in [2.45, 2.75) is 119 Å². The lowest BCUT2D eigenvalue weighted by Crippen LogP contribution is -2.36. The number of rotatable bonds is 12. The van der Waals surface area contributed by atoms with Gasteiger partial charge in [-0.05, 0) is 94.3 Å². The number of carboxylic acids is 1. The van der Waals surface area contributed by atoms with Gasteiger partial charge in [-0.25, -0.2) is 0 Å². The maximum atomic E-state index is 13.1. The summed E-state index contributed by atoms with van der Waals surface area (Å²) in [5.41, 5.74) is -0.780. The SMILES string of the molecule is CC(C)(CO)CCCC1CCC(=O)C(C=CC2CCCC(CCCC(C)(C)C(=O)O)[S+]2[O-])S1. The molecule has 2 N–H and O–H groups in total. The zero-order valence-corrected chi connectivity index (χ0v) is 22.5. The largest absolute Gasteiger partial charge is 0.616 e. The maximum Gasteiger partial charge on any atom is 0.309 e. The van der Waals surface area contributed by atoms with E-state index in [9.17, 15) is 24.4 Å². The second kappa shape index (κ2) is 13.0. The van der Waals surface area contributed by atoms with E-state index in [0.717, 1.165) is 57.8 Å². The highest BCUT2D eigenvalue weighted by molar-refractivity contribution is 8.01. The van der Waals surface area contributed by atoms with Gasteiger partial charge in [0.2, 0.25) is 0 Å². The third kappa shape index (κ3) is 9.23. The highest BCUT2D eigenvalue weighted by Crippen LogP contribution is 2.36. The molecule has 2 rings (SSSR count). The molecule has 0 radical (unpaired) electrons. The number of carbonyl (C=O) groups excluding carboxylic acids is 1. The quantitative estimate of drug-likeness (QED) is 0.271. The number of carboxylic acid groups (broad SMARTS) is 1. The van der Waals surface area contributed by atoms with Gasteiger partial charge >= 0.3 is 5.97 Å². The second-order valence-electron chi connectivity index (χ2n) is 11.3. The van der Waals surface area contributed by atoms with Gasteiger partial charge in [-0.1, -0.05) is 26.3 Å². The molecule has 0 aromatic rings. The fraction of sp³-hybridized carbons (Fsp3) is 0.846. The standard InChI is InChI=1S/C26H44O5S2/c1-25(2,18-27)16-6-8-19-12-14-22(28)23(32-19)15-13-21-10-5-9-20(33(21)31)11-7-17-26(3,4)24(29)30/h13,15,19-21,23,27H,5-12,14,16-18H2,1-4H3,(H,29,30). The van der Waals surface area contributed by atoms with Gasteiger partial charge in [-0.2, -0.15) is 0 Å². The van der Waals surface area contributed by atoms with Crippen LogP contribution in [0.15, 0.2) is 12.2 Å². The number of carbonyl (C=O) groups is 2. The summed E-state index contributed by atoms with van der Waals surface area (Å²) in [6.07, 6.45) is 13.7. The molecule has 0 saturated carbocycles. The van der Waals surface area contributed by atoms with E-state index in [4.69, 9.17) is 0 Å². The first-order valence-corrected chi connectivity index (χ1v) is 14.8. The van der Waals surface area contributed by atoms with Crippen molar-refractivity contribution in [3.8, 4) is 0 Å². The summed E-state index contributed by atoms with van der Waals surface area (Å²) in [6.45, 7) is 7.86. The molecular weight excluding hydrogens is 456 g/mol. The monoisotopic (exact) mass is 500 g/mol. The lowest BCUT2D eigenvalue weighted by Gasteiger charge is -2.32. The van der Waals surface area contributed by atoms with E-state index >= 15 is 0 Å². The molecule has 5 atom stereocenters. The van der Waals surface area contributed by atoms with Crippen molar-refractivity contribution in [3.63, 3.8) is 0 Å². The minimum Gasteiger partial charge on any atom is -0.616 e. The number of ketones is 1. The third-order valence-electron chi connectivity index (χ3n) is 7.23. The smallest absolute Gasteiger partial charge is 0.309 e. The highest BCUT2D eigenvalue weighted by Gasteiger charge is 2.35. The molecule has 0 bridgehead atoms. The average Bonchev–Trinajstić information content (AvgIpc) is 2.75. The van der Waals surface area contributed by atoms with Gasteiger partial charge in [0.1, 0.15) is 16.3 Å². The average molecular weight is 501 g/mol. The minimum atomic E-state index is -0.973. The zero-order valence-electron chi connectivity index (χ0n) is 20.9. The van der Waals surface area contributed by atoms with E-state index in [1.807, 2.05) is 12.2 Å². The van der Waals surface area contributed by atoms with E-state index in [2.05, 4.69) is 13.8 Å². The van der Waals surface area contributed by atoms with E-state index in [1.165, 1.54) is 0 Å². The van der Waals surface area contributed by atoms with Crippen LogP contribution in [0.25, 0.3) is 0 Å². The number of aliphatic hydroxyl groups excluding tert-OH is 1. The first-order valence-electron chi connectivity index (χ1n) is 12.6. The Kier molecular flexibility index (Phi) is 11.3. The molecule has 2 heterocycles. The Balaban J connectivity index is 1.84. The molecule has 0 aromatic carbocycles. The molecule has 5 unspecified atom stereocenters. The van der Waals surface area contributed by atoms with Crippen molar-refractivity contribution in [1.82, 2.24) is 0 Å². The van der Waals surface area contributed by atoms with Crippen molar-refractivity contribution in [2.24, 2.45) is 10.8 Å². The molecule has 2 fully saturated rings. The van der Waals surface area contributed by atoms with Gasteiger partial charge in [0, 0.05) is 18.3 Å². The molecule has 0 spiro atoms. The fourth-order valence-corrected chi connectivity index (χ4v) is 7.97. The number of hydrogen-bond acceptors (Lipinski definition) is 5. The van der Waals surface area contributed by atoms with E-state index in [-0.39, 0.29) is 33.6 Å². The number of aliphatic hydroxyl groups is 1. The van der Waals surface area contributed by atoms with Crippen molar-refractivity contribution < 1.29 is 24.4 Å². The summed E-state index contributed by atoms with van der Waals surface area (Å²) in [7, 11) is 0. The highest BCUT2D eigenvalue weighted by atomic mass is 32.2. The van der Waals surface area contributed by atoms with Crippen LogP contribution in [0.3, 0.4) is 0 Å². The van der Waals surface area contributed by atoms with Gasteiger partial charge in [0.15, 0.2) is 0 Å². The summed E-state index contributed by atoms with van der Waals surface area (Å²) in [5, 5.41) is 19.2.